The first-order valence-electron chi connectivity index (χ1n) is 12.8. The molecule has 0 saturated carbocycles. The molecule has 0 heterocycles. The molecule has 4 N–H and O–H groups in total. The van der Waals surface area contributed by atoms with Crippen molar-refractivity contribution in [2.75, 3.05) is 0 Å². The molecule has 0 aliphatic heterocycles. The van der Waals surface area contributed by atoms with Crippen LogP contribution in [0.5, 0.6) is 0 Å². The summed E-state index contributed by atoms with van der Waals surface area (Å²) in [6.07, 6.45) is 2.40. The number of aldehydes is 1. The van der Waals surface area contributed by atoms with E-state index >= 15 is 0 Å². The van der Waals surface area contributed by atoms with Crippen LogP contribution in [0.3, 0.4) is 0 Å². The van der Waals surface area contributed by atoms with Gasteiger partial charge in [-0.1, -0.05) is 55.4 Å². The van der Waals surface area contributed by atoms with Crippen LogP contribution in [0, 0.1) is 23.7 Å². The van der Waals surface area contributed by atoms with Gasteiger partial charge in [0.2, 0.25) is 23.6 Å². The van der Waals surface area contributed by atoms with Crippen molar-refractivity contribution < 1.29 is 24.0 Å². The number of rotatable bonds is 16. The van der Waals surface area contributed by atoms with Gasteiger partial charge in [-0.05, 0) is 49.4 Å². The zero-order valence-electron chi connectivity index (χ0n) is 23.1. The molecule has 0 aromatic carbocycles. The van der Waals surface area contributed by atoms with Crippen LogP contribution in [0.15, 0.2) is 0 Å². The van der Waals surface area contributed by atoms with Crippen molar-refractivity contribution in [2.24, 2.45) is 23.7 Å². The van der Waals surface area contributed by atoms with Gasteiger partial charge >= 0.3 is 0 Å². The lowest BCUT2D eigenvalue weighted by atomic mass is 9.98. The van der Waals surface area contributed by atoms with Crippen molar-refractivity contribution >= 4 is 29.9 Å². The molecule has 0 radical (unpaired) electrons. The standard InChI is InChI=1S/C26H48N4O5/c1-15(2)10-20(14-31)28-24(33)22(12-17(5)6)29-26(35)23(13-18(7)8)30-25(34)21(11-16(3)4)27-19(9)32/h14-18,20-23H,10-13H2,1-9H3,(H,27,32)(H,28,33)(H,29,35)(H,30,34)/t20-,21-,22-,23-/m0/s1. The van der Waals surface area contributed by atoms with E-state index in [1.54, 1.807) is 0 Å². The summed E-state index contributed by atoms with van der Waals surface area (Å²) in [5, 5.41) is 11.0. The molecule has 35 heavy (non-hydrogen) atoms. The van der Waals surface area contributed by atoms with Crippen LogP contribution in [0.25, 0.3) is 0 Å². The number of hydrogen-bond acceptors (Lipinski definition) is 5. The second kappa shape index (κ2) is 16.3. The van der Waals surface area contributed by atoms with E-state index in [1.807, 2.05) is 55.4 Å². The SMILES string of the molecule is CC(=O)N[C@@H](CC(C)C)C(=O)N[C@@H](CC(C)C)C(=O)N[C@@H](CC(C)C)C(=O)N[C@H](C=O)CC(C)C. The Morgan fingerprint density at radius 2 is 0.857 bits per heavy atom. The van der Waals surface area contributed by atoms with Gasteiger partial charge in [-0.2, -0.15) is 0 Å². The maximum Gasteiger partial charge on any atom is 0.243 e. The van der Waals surface area contributed by atoms with Crippen LogP contribution >= 0.6 is 0 Å². The van der Waals surface area contributed by atoms with Gasteiger partial charge in [-0.3, -0.25) is 19.2 Å². The summed E-state index contributed by atoms with van der Waals surface area (Å²) >= 11 is 0. The van der Waals surface area contributed by atoms with Crippen LogP contribution in [-0.4, -0.2) is 54.1 Å². The third-order valence-electron chi connectivity index (χ3n) is 5.30. The first-order valence-corrected chi connectivity index (χ1v) is 12.8. The molecule has 0 bridgehead atoms. The van der Waals surface area contributed by atoms with Crippen LogP contribution in [-0.2, 0) is 24.0 Å². The van der Waals surface area contributed by atoms with Crippen molar-refractivity contribution in [2.45, 2.75) is 112 Å². The highest BCUT2D eigenvalue weighted by molar-refractivity contribution is 5.94. The average molecular weight is 497 g/mol. The Balaban J connectivity index is 5.63. The molecule has 0 aromatic heterocycles. The van der Waals surface area contributed by atoms with Gasteiger partial charge in [0.05, 0.1) is 6.04 Å². The normalized spacial score (nSPS) is 14.9. The molecular weight excluding hydrogens is 448 g/mol. The molecule has 0 aliphatic carbocycles. The molecular formula is C26H48N4O5. The maximum atomic E-state index is 13.2. The summed E-state index contributed by atoms with van der Waals surface area (Å²) in [7, 11) is 0. The molecule has 4 amide bonds. The third-order valence-corrected chi connectivity index (χ3v) is 5.30. The van der Waals surface area contributed by atoms with E-state index in [0.29, 0.717) is 32.0 Å². The summed E-state index contributed by atoms with van der Waals surface area (Å²) in [6.45, 7) is 16.9. The topological polar surface area (TPSA) is 133 Å². The zero-order chi connectivity index (χ0) is 27.3. The molecule has 202 valence electrons. The lowest BCUT2D eigenvalue weighted by Crippen LogP contribution is -2.58. The molecule has 0 unspecified atom stereocenters. The highest BCUT2D eigenvalue weighted by Gasteiger charge is 2.31. The summed E-state index contributed by atoms with van der Waals surface area (Å²) in [5.41, 5.74) is 0. The highest BCUT2D eigenvalue weighted by Crippen LogP contribution is 2.12. The smallest absolute Gasteiger partial charge is 0.243 e. The summed E-state index contributed by atoms with van der Waals surface area (Å²) < 4.78 is 0. The van der Waals surface area contributed by atoms with Crippen molar-refractivity contribution in [1.29, 1.82) is 0 Å². The molecule has 0 aliphatic rings. The molecule has 9 heteroatoms. The van der Waals surface area contributed by atoms with Crippen LogP contribution in [0.1, 0.15) is 88.0 Å². The Hall–Kier alpha value is -2.45. The van der Waals surface area contributed by atoms with Crippen LogP contribution in [0.4, 0.5) is 0 Å². The van der Waals surface area contributed by atoms with Gasteiger partial charge in [0.15, 0.2) is 0 Å². The quantitative estimate of drug-likeness (QED) is 0.243. The van der Waals surface area contributed by atoms with Crippen LogP contribution in [0.2, 0.25) is 0 Å². The highest BCUT2D eigenvalue weighted by atomic mass is 16.2. The van der Waals surface area contributed by atoms with Gasteiger partial charge in [0, 0.05) is 6.92 Å². The van der Waals surface area contributed by atoms with Crippen molar-refractivity contribution in [3.63, 3.8) is 0 Å². The Kier molecular flexibility index (Phi) is 15.1. The van der Waals surface area contributed by atoms with Gasteiger partial charge in [0.25, 0.3) is 0 Å². The molecule has 4 atom stereocenters. The Morgan fingerprint density at radius 3 is 1.14 bits per heavy atom. The summed E-state index contributed by atoms with van der Waals surface area (Å²) in [6, 6.07) is -3.10. The third kappa shape index (κ3) is 14.5. The van der Waals surface area contributed by atoms with E-state index in [1.165, 1.54) is 6.92 Å². The first-order chi connectivity index (χ1) is 16.2. The second-order valence-electron chi connectivity index (χ2n) is 11.1. The maximum absolute atomic E-state index is 13.2. The minimum atomic E-state index is -0.870. The van der Waals surface area contributed by atoms with Gasteiger partial charge in [0.1, 0.15) is 24.4 Å². The summed E-state index contributed by atoms with van der Waals surface area (Å²) in [4.78, 5) is 62.2. The Bertz CT molecular complexity index is 706. The summed E-state index contributed by atoms with van der Waals surface area (Å²) in [5.74, 6) is -1.06. The van der Waals surface area contributed by atoms with Crippen molar-refractivity contribution in [1.82, 2.24) is 21.3 Å². The van der Waals surface area contributed by atoms with Gasteiger partial charge < -0.3 is 26.1 Å². The van der Waals surface area contributed by atoms with Crippen LogP contribution < -0.4 is 21.3 Å². The molecule has 0 rings (SSSR count). The lowest BCUT2D eigenvalue weighted by molar-refractivity contribution is -0.134. The average Bonchev–Trinajstić information content (AvgIpc) is 2.69. The molecule has 0 spiro atoms. The lowest BCUT2D eigenvalue weighted by Gasteiger charge is -2.27. The van der Waals surface area contributed by atoms with Crippen molar-refractivity contribution in [3.05, 3.63) is 0 Å². The van der Waals surface area contributed by atoms with Crippen molar-refractivity contribution in [3.8, 4) is 0 Å². The fraction of sp³-hybridized carbons (Fsp3) is 0.808. The Labute approximate surface area is 211 Å². The Morgan fingerprint density at radius 1 is 0.543 bits per heavy atom. The number of nitrogens with one attached hydrogen (secondary N) is 4. The number of carbonyl (C=O) groups is 5. The molecule has 0 aromatic rings. The molecule has 0 fully saturated rings. The number of carbonyl (C=O) groups excluding carboxylic acids is 5. The second-order valence-corrected chi connectivity index (χ2v) is 11.1. The van der Waals surface area contributed by atoms with E-state index in [0.717, 1.165) is 0 Å². The fourth-order valence-corrected chi connectivity index (χ4v) is 3.84. The van der Waals surface area contributed by atoms with E-state index < -0.39 is 41.9 Å². The zero-order valence-corrected chi connectivity index (χ0v) is 23.1. The monoisotopic (exact) mass is 496 g/mol. The minimum Gasteiger partial charge on any atom is -0.345 e. The fourth-order valence-electron chi connectivity index (χ4n) is 3.84. The minimum absolute atomic E-state index is 0.0956. The van der Waals surface area contributed by atoms with E-state index in [2.05, 4.69) is 21.3 Å². The van der Waals surface area contributed by atoms with E-state index in [4.69, 9.17) is 0 Å². The predicted octanol–water partition coefficient (Wildman–Crippen LogP) is 2.33. The molecule has 0 saturated heterocycles. The first kappa shape index (κ1) is 32.5. The van der Waals surface area contributed by atoms with Gasteiger partial charge in [-0.15, -0.1) is 0 Å². The largest absolute Gasteiger partial charge is 0.345 e. The predicted molar refractivity (Wildman–Crippen MR) is 137 cm³/mol. The molecule has 9 nitrogen and oxygen atoms in total. The number of amides is 4. The van der Waals surface area contributed by atoms with Gasteiger partial charge in [-0.25, -0.2) is 0 Å². The van der Waals surface area contributed by atoms with E-state index in [9.17, 15) is 24.0 Å². The van der Waals surface area contributed by atoms with E-state index in [-0.39, 0.29) is 29.6 Å². The number of hydrogen-bond donors (Lipinski definition) is 4.